The molecular weight excluding hydrogens is 321 g/mol. The number of nitrogens with zero attached hydrogens (tertiary/aromatic N) is 2. The Balaban J connectivity index is 2.02. The van der Waals surface area contributed by atoms with Gasteiger partial charge in [-0.05, 0) is 30.5 Å². The maximum Gasteiger partial charge on any atom is 0.228 e. The van der Waals surface area contributed by atoms with Crippen molar-refractivity contribution in [2.45, 2.75) is 33.2 Å². The summed E-state index contributed by atoms with van der Waals surface area (Å²) in [5.41, 5.74) is 0.996. The molecule has 0 fully saturated rings. The van der Waals surface area contributed by atoms with E-state index in [9.17, 15) is 4.79 Å². The van der Waals surface area contributed by atoms with Crippen molar-refractivity contribution in [3.05, 3.63) is 46.1 Å². The van der Waals surface area contributed by atoms with E-state index in [2.05, 4.69) is 10.4 Å². The second-order valence-electron chi connectivity index (χ2n) is 5.15. The molecule has 1 aromatic heterocycles. The number of carbonyl (C=O) groups is 1. The zero-order valence-electron chi connectivity index (χ0n) is 12.6. The maximum absolute atomic E-state index is 12.0. The first kappa shape index (κ1) is 16.8. The lowest BCUT2D eigenvalue weighted by molar-refractivity contribution is -0.120. The highest BCUT2D eigenvalue weighted by atomic mass is 35.5. The van der Waals surface area contributed by atoms with Crippen molar-refractivity contribution in [1.29, 1.82) is 0 Å². The Morgan fingerprint density at radius 3 is 2.59 bits per heavy atom. The quantitative estimate of drug-likeness (QED) is 0.834. The standard InChI is InChI=1S/C16H19Cl2N3O/c1-3-12(4-2)16(22)19-15-7-8-21(20-15)10-11-5-6-13(17)14(18)9-11/h5-9,12H,3-4,10H2,1-2H3,(H,19,20,22). The summed E-state index contributed by atoms with van der Waals surface area (Å²) in [6, 6.07) is 7.27. The molecule has 0 saturated carbocycles. The van der Waals surface area contributed by atoms with E-state index >= 15 is 0 Å². The number of halogens is 2. The molecule has 1 N–H and O–H groups in total. The lowest BCUT2D eigenvalue weighted by atomic mass is 10.0. The van der Waals surface area contributed by atoms with E-state index in [1.54, 1.807) is 16.8 Å². The van der Waals surface area contributed by atoms with Crippen LogP contribution in [0.1, 0.15) is 32.3 Å². The van der Waals surface area contributed by atoms with Crippen LogP contribution in [0, 0.1) is 5.92 Å². The van der Waals surface area contributed by atoms with Gasteiger partial charge in [-0.2, -0.15) is 5.10 Å². The molecule has 1 amide bonds. The molecule has 0 unspecified atom stereocenters. The summed E-state index contributed by atoms with van der Waals surface area (Å²) in [6.07, 6.45) is 3.48. The minimum Gasteiger partial charge on any atom is -0.309 e. The van der Waals surface area contributed by atoms with Gasteiger partial charge in [0.15, 0.2) is 5.82 Å². The summed E-state index contributed by atoms with van der Waals surface area (Å²) in [4.78, 5) is 12.0. The molecule has 1 heterocycles. The van der Waals surface area contributed by atoms with Gasteiger partial charge in [-0.25, -0.2) is 0 Å². The van der Waals surface area contributed by atoms with Crippen LogP contribution in [0.25, 0.3) is 0 Å². The maximum atomic E-state index is 12.0. The van der Waals surface area contributed by atoms with Crippen molar-refractivity contribution in [2.75, 3.05) is 5.32 Å². The van der Waals surface area contributed by atoms with Crippen molar-refractivity contribution < 1.29 is 4.79 Å². The fourth-order valence-corrected chi connectivity index (χ4v) is 2.55. The highest BCUT2D eigenvalue weighted by Gasteiger charge is 2.15. The lowest BCUT2D eigenvalue weighted by Crippen LogP contribution is -2.22. The Kier molecular flexibility index (Phi) is 5.86. The predicted octanol–water partition coefficient (Wildman–Crippen LogP) is 4.61. The van der Waals surface area contributed by atoms with Crippen LogP contribution in [0.3, 0.4) is 0 Å². The first-order valence-corrected chi connectivity index (χ1v) is 8.07. The molecular formula is C16H19Cl2N3O. The van der Waals surface area contributed by atoms with Gasteiger partial charge in [0.1, 0.15) is 0 Å². The Morgan fingerprint density at radius 1 is 1.23 bits per heavy atom. The van der Waals surface area contributed by atoms with Crippen LogP contribution in [0.2, 0.25) is 10.0 Å². The molecule has 0 saturated heterocycles. The molecule has 1 aromatic carbocycles. The number of aromatic nitrogens is 2. The molecule has 0 bridgehead atoms. The number of benzene rings is 1. The van der Waals surface area contributed by atoms with Crippen molar-refractivity contribution in [3.8, 4) is 0 Å². The van der Waals surface area contributed by atoms with E-state index in [0.29, 0.717) is 22.4 Å². The van der Waals surface area contributed by atoms with Gasteiger partial charge in [-0.15, -0.1) is 0 Å². The number of carbonyl (C=O) groups excluding carboxylic acids is 1. The van der Waals surface area contributed by atoms with Crippen LogP contribution >= 0.6 is 23.2 Å². The zero-order valence-corrected chi connectivity index (χ0v) is 14.2. The van der Waals surface area contributed by atoms with E-state index in [-0.39, 0.29) is 11.8 Å². The number of hydrogen-bond donors (Lipinski definition) is 1. The van der Waals surface area contributed by atoms with Gasteiger partial charge in [0.2, 0.25) is 5.91 Å². The molecule has 4 nitrogen and oxygen atoms in total. The molecule has 0 spiro atoms. The molecule has 0 atom stereocenters. The molecule has 118 valence electrons. The average molecular weight is 340 g/mol. The van der Waals surface area contributed by atoms with Gasteiger partial charge >= 0.3 is 0 Å². The molecule has 2 aromatic rings. The average Bonchev–Trinajstić information content (AvgIpc) is 2.91. The monoisotopic (exact) mass is 339 g/mol. The van der Waals surface area contributed by atoms with Crippen molar-refractivity contribution in [1.82, 2.24) is 9.78 Å². The Bertz CT molecular complexity index is 651. The van der Waals surface area contributed by atoms with Gasteiger partial charge in [-0.1, -0.05) is 43.1 Å². The van der Waals surface area contributed by atoms with E-state index < -0.39 is 0 Å². The minimum absolute atomic E-state index is 0.0183. The van der Waals surface area contributed by atoms with E-state index in [4.69, 9.17) is 23.2 Å². The van der Waals surface area contributed by atoms with Crippen LogP contribution in [0.5, 0.6) is 0 Å². The van der Waals surface area contributed by atoms with Gasteiger partial charge < -0.3 is 5.32 Å². The summed E-state index contributed by atoms with van der Waals surface area (Å²) >= 11 is 11.9. The molecule has 0 aliphatic rings. The first-order chi connectivity index (χ1) is 10.5. The highest BCUT2D eigenvalue weighted by molar-refractivity contribution is 6.42. The molecule has 6 heteroatoms. The third-order valence-electron chi connectivity index (χ3n) is 3.58. The van der Waals surface area contributed by atoms with Crippen LogP contribution < -0.4 is 5.32 Å². The van der Waals surface area contributed by atoms with Gasteiger partial charge in [0, 0.05) is 18.2 Å². The third kappa shape index (κ3) is 4.24. The third-order valence-corrected chi connectivity index (χ3v) is 4.32. The van der Waals surface area contributed by atoms with E-state index in [0.717, 1.165) is 18.4 Å². The van der Waals surface area contributed by atoms with Crippen LogP contribution in [-0.4, -0.2) is 15.7 Å². The first-order valence-electron chi connectivity index (χ1n) is 7.31. The number of amides is 1. The SMILES string of the molecule is CCC(CC)C(=O)Nc1ccn(Cc2ccc(Cl)c(Cl)c2)n1. The van der Waals surface area contributed by atoms with E-state index in [1.165, 1.54) is 0 Å². The lowest BCUT2D eigenvalue weighted by Gasteiger charge is -2.10. The summed E-state index contributed by atoms with van der Waals surface area (Å²) in [6.45, 7) is 4.59. The van der Waals surface area contributed by atoms with Gasteiger partial charge in [-0.3, -0.25) is 9.48 Å². The van der Waals surface area contributed by atoms with Gasteiger partial charge in [0.25, 0.3) is 0 Å². The normalized spacial score (nSPS) is 11.0. The molecule has 0 aliphatic carbocycles. The van der Waals surface area contributed by atoms with Crippen molar-refractivity contribution >= 4 is 34.9 Å². The number of rotatable bonds is 6. The highest BCUT2D eigenvalue weighted by Crippen LogP contribution is 2.23. The summed E-state index contributed by atoms with van der Waals surface area (Å²) in [7, 11) is 0. The van der Waals surface area contributed by atoms with Crippen molar-refractivity contribution in [2.24, 2.45) is 5.92 Å². The fraction of sp³-hybridized carbons (Fsp3) is 0.375. The van der Waals surface area contributed by atoms with Crippen molar-refractivity contribution in [3.63, 3.8) is 0 Å². The Labute approximate surface area is 140 Å². The second-order valence-corrected chi connectivity index (χ2v) is 5.96. The topological polar surface area (TPSA) is 46.9 Å². The number of hydrogen-bond acceptors (Lipinski definition) is 2. The Morgan fingerprint density at radius 2 is 1.95 bits per heavy atom. The fourth-order valence-electron chi connectivity index (χ4n) is 2.23. The van der Waals surface area contributed by atoms with Gasteiger partial charge in [0.05, 0.1) is 16.6 Å². The van der Waals surface area contributed by atoms with Crippen LogP contribution in [-0.2, 0) is 11.3 Å². The summed E-state index contributed by atoms with van der Waals surface area (Å²) < 4.78 is 1.75. The van der Waals surface area contributed by atoms with Crippen LogP contribution in [0.15, 0.2) is 30.5 Å². The van der Waals surface area contributed by atoms with Crippen LogP contribution in [0.4, 0.5) is 5.82 Å². The zero-order chi connectivity index (χ0) is 16.1. The predicted molar refractivity (Wildman–Crippen MR) is 90.5 cm³/mol. The molecule has 0 aliphatic heterocycles. The largest absolute Gasteiger partial charge is 0.309 e. The van der Waals surface area contributed by atoms with E-state index in [1.807, 2.05) is 32.2 Å². The second kappa shape index (κ2) is 7.65. The molecule has 0 radical (unpaired) electrons. The number of nitrogens with one attached hydrogen (secondary N) is 1. The smallest absolute Gasteiger partial charge is 0.228 e. The molecule has 22 heavy (non-hydrogen) atoms. The summed E-state index contributed by atoms with van der Waals surface area (Å²) in [5.74, 6) is 0.613. The summed E-state index contributed by atoms with van der Waals surface area (Å²) in [5, 5.41) is 8.26. The molecule has 2 rings (SSSR count). The minimum atomic E-state index is 0.0183. The Hall–Kier alpha value is -1.52. The number of anilines is 1.